The van der Waals surface area contributed by atoms with Crippen LogP contribution in [0.15, 0.2) is 42.5 Å². The summed E-state index contributed by atoms with van der Waals surface area (Å²) in [5, 5.41) is 0. The summed E-state index contributed by atoms with van der Waals surface area (Å²) in [6.45, 7) is 1.88. The Kier molecular flexibility index (Phi) is 9.50. The predicted octanol–water partition coefficient (Wildman–Crippen LogP) is 8.93. The van der Waals surface area contributed by atoms with Crippen LogP contribution in [-0.4, -0.2) is 12.5 Å². The van der Waals surface area contributed by atoms with Gasteiger partial charge in [-0.05, 0) is 66.3 Å². The average Bonchev–Trinajstić information content (AvgIpc) is 2.80. The normalized spacial score (nSPS) is 19.1. The van der Waals surface area contributed by atoms with E-state index in [-0.39, 0.29) is 12.2 Å². The molecule has 2 aromatic rings. The fraction of sp³-hybridized carbons (Fsp3) is 0.556. The molecule has 0 unspecified atom stereocenters. The lowest BCUT2D eigenvalue weighted by Gasteiger charge is -2.29. The molecule has 0 bridgehead atoms. The second-order valence-electron chi connectivity index (χ2n) is 9.37. The molecule has 0 amide bonds. The maximum atomic E-state index is 14.3. The Balaban J connectivity index is 1.47. The fourth-order valence-electron chi connectivity index (χ4n) is 4.69. The van der Waals surface area contributed by atoms with Crippen LogP contribution in [0.2, 0.25) is 0 Å². The number of rotatable bonds is 11. The Hall–Kier alpha value is -2.22. The van der Waals surface area contributed by atoms with Crippen molar-refractivity contribution in [1.82, 2.24) is 0 Å². The molecule has 1 aliphatic carbocycles. The molecule has 0 N–H and O–H groups in total. The predicted molar refractivity (Wildman–Crippen MR) is 122 cm³/mol. The van der Waals surface area contributed by atoms with Crippen LogP contribution >= 0.6 is 0 Å². The van der Waals surface area contributed by atoms with Gasteiger partial charge in [0, 0.05) is 0 Å². The molecule has 2 aromatic carbocycles. The number of alkyl halides is 5. The van der Waals surface area contributed by atoms with Crippen LogP contribution in [0.3, 0.4) is 0 Å². The molecule has 194 valence electrons. The van der Waals surface area contributed by atoms with E-state index in [1.165, 1.54) is 44.1 Å². The Bertz CT molecular complexity index is 918. The molecule has 0 heterocycles. The van der Waals surface area contributed by atoms with Crippen LogP contribution < -0.4 is 4.74 Å². The van der Waals surface area contributed by atoms with Gasteiger partial charge in [0.05, 0.1) is 13.0 Å². The summed E-state index contributed by atoms with van der Waals surface area (Å²) in [6, 6.07) is 9.71. The summed E-state index contributed by atoms with van der Waals surface area (Å²) in [4.78, 5) is 0. The van der Waals surface area contributed by atoms with Crippen LogP contribution in [0.4, 0.5) is 26.3 Å². The second kappa shape index (κ2) is 12.2. The molecular weight excluding hydrogens is 470 g/mol. The summed E-state index contributed by atoms with van der Waals surface area (Å²) in [5.74, 6) is -1.14. The SMILES string of the molecule is CCCCCC1CCC(c2ccc(COC(F)(F)Cc3ccc(OC(F)(F)F)c(F)c3)cc2)CC1. The lowest BCUT2D eigenvalue weighted by Crippen LogP contribution is -2.24. The number of ether oxygens (including phenoxy) is 2. The largest absolute Gasteiger partial charge is 0.573 e. The van der Waals surface area contributed by atoms with Gasteiger partial charge in [0.25, 0.3) is 0 Å². The van der Waals surface area contributed by atoms with Gasteiger partial charge >= 0.3 is 12.5 Å². The van der Waals surface area contributed by atoms with Crippen molar-refractivity contribution in [3.63, 3.8) is 0 Å². The summed E-state index contributed by atoms with van der Waals surface area (Å²) >= 11 is 0. The van der Waals surface area contributed by atoms with Crippen LogP contribution in [-0.2, 0) is 17.8 Å². The van der Waals surface area contributed by atoms with E-state index in [4.69, 9.17) is 4.74 Å². The topological polar surface area (TPSA) is 18.5 Å². The highest BCUT2D eigenvalue weighted by Gasteiger charge is 2.34. The Morgan fingerprint density at radius 1 is 0.857 bits per heavy atom. The maximum Gasteiger partial charge on any atom is 0.573 e. The Morgan fingerprint density at radius 3 is 2.11 bits per heavy atom. The van der Waals surface area contributed by atoms with E-state index in [2.05, 4.69) is 11.7 Å². The minimum atomic E-state index is -5.07. The number of benzene rings is 2. The maximum absolute atomic E-state index is 14.3. The summed E-state index contributed by atoms with van der Waals surface area (Å²) in [7, 11) is 0. The monoisotopic (exact) mass is 502 g/mol. The molecule has 8 heteroatoms. The van der Waals surface area contributed by atoms with Crippen LogP contribution in [0.5, 0.6) is 5.75 Å². The van der Waals surface area contributed by atoms with Gasteiger partial charge in [-0.25, -0.2) is 4.39 Å². The lowest BCUT2D eigenvalue weighted by atomic mass is 9.77. The van der Waals surface area contributed by atoms with Gasteiger partial charge in [0.15, 0.2) is 11.6 Å². The molecule has 2 nitrogen and oxygen atoms in total. The van der Waals surface area contributed by atoms with Crippen molar-refractivity contribution in [2.24, 2.45) is 5.92 Å². The third-order valence-electron chi connectivity index (χ3n) is 6.60. The minimum Gasteiger partial charge on any atom is -0.403 e. The molecule has 1 aliphatic rings. The fourth-order valence-corrected chi connectivity index (χ4v) is 4.69. The second-order valence-corrected chi connectivity index (χ2v) is 9.37. The van der Waals surface area contributed by atoms with Crippen molar-refractivity contribution >= 4 is 0 Å². The van der Waals surface area contributed by atoms with Gasteiger partial charge in [-0.1, -0.05) is 62.9 Å². The number of halogens is 6. The summed E-state index contributed by atoms with van der Waals surface area (Å²) in [5.41, 5.74) is 1.59. The van der Waals surface area contributed by atoms with E-state index in [1.54, 1.807) is 12.1 Å². The van der Waals surface area contributed by atoms with E-state index in [0.29, 0.717) is 23.6 Å². The van der Waals surface area contributed by atoms with Crippen molar-refractivity contribution in [2.75, 3.05) is 0 Å². The van der Waals surface area contributed by atoms with E-state index in [0.717, 1.165) is 24.8 Å². The van der Waals surface area contributed by atoms with Crippen molar-refractivity contribution in [3.05, 3.63) is 65.0 Å². The standard InChI is InChI=1S/C27H32F6O2/c1-2-3-4-5-19-6-11-22(12-7-19)23-13-8-20(9-14-23)18-34-26(29,30)17-21-10-15-25(24(28)16-21)35-27(31,32)33/h8-10,13-16,19,22H,2-7,11-12,17-18H2,1H3. The number of hydrogen-bond acceptors (Lipinski definition) is 2. The van der Waals surface area contributed by atoms with Gasteiger partial charge in [-0.2, -0.15) is 8.78 Å². The van der Waals surface area contributed by atoms with E-state index >= 15 is 0 Å². The Morgan fingerprint density at radius 2 is 1.51 bits per heavy atom. The molecule has 1 saturated carbocycles. The Labute approximate surface area is 202 Å². The molecule has 3 rings (SSSR count). The lowest BCUT2D eigenvalue weighted by molar-refractivity contribution is -0.275. The molecule has 0 atom stereocenters. The molecule has 0 aliphatic heterocycles. The zero-order chi connectivity index (χ0) is 25.5. The van der Waals surface area contributed by atoms with Gasteiger partial charge in [-0.3, -0.25) is 0 Å². The number of unbranched alkanes of at least 4 members (excludes halogenated alkanes) is 2. The van der Waals surface area contributed by atoms with Crippen molar-refractivity contribution in [1.29, 1.82) is 0 Å². The zero-order valence-electron chi connectivity index (χ0n) is 19.9. The first-order chi connectivity index (χ1) is 16.5. The van der Waals surface area contributed by atoms with Crippen LogP contribution in [0.25, 0.3) is 0 Å². The first-order valence-corrected chi connectivity index (χ1v) is 12.2. The van der Waals surface area contributed by atoms with E-state index < -0.39 is 30.5 Å². The van der Waals surface area contributed by atoms with E-state index in [1.807, 2.05) is 12.1 Å². The number of hydrogen-bond donors (Lipinski definition) is 0. The van der Waals surface area contributed by atoms with E-state index in [9.17, 15) is 26.3 Å². The third kappa shape index (κ3) is 9.06. The van der Waals surface area contributed by atoms with Gasteiger partial charge in [0.1, 0.15) is 0 Å². The minimum absolute atomic E-state index is 0.206. The van der Waals surface area contributed by atoms with Crippen molar-refractivity contribution < 1.29 is 35.8 Å². The molecule has 1 fully saturated rings. The summed E-state index contributed by atoms with van der Waals surface area (Å²) < 4.78 is 87.2. The first-order valence-electron chi connectivity index (χ1n) is 12.2. The van der Waals surface area contributed by atoms with Crippen LogP contribution in [0.1, 0.15) is 80.9 Å². The molecular formula is C27H32F6O2. The summed E-state index contributed by atoms with van der Waals surface area (Å²) in [6.07, 6.45) is 0.238. The molecule has 0 saturated heterocycles. The molecule has 35 heavy (non-hydrogen) atoms. The smallest absolute Gasteiger partial charge is 0.403 e. The van der Waals surface area contributed by atoms with Gasteiger partial charge in [0.2, 0.25) is 0 Å². The first kappa shape index (κ1) is 27.4. The van der Waals surface area contributed by atoms with Crippen LogP contribution in [0, 0.1) is 11.7 Å². The highest BCUT2D eigenvalue weighted by Crippen LogP contribution is 2.38. The quantitative estimate of drug-likeness (QED) is 0.226. The third-order valence-corrected chi connectivity index (χ3v) is 6.60. The zero-order valence-corrected chi connectivity index (χ0v) is 19.9. The molecule has 0 aromatic heterocycles. The van der Waals surface area contributed by atoms with Gasteiger partial charge < -0.3 is 9.47 Å². The highest BCUT2D eigenvalue weighted by molar-refractivity contribution is 5.30. The molecule has 0 spiro atoms. The highest BCUT2D eigenvalue weighted by atomic mass is 19.4. The average molecular weight is 503 g/mol. The van der Waals surface area contributed by atoms with Crippen molar-refractivity contribution in [2.45, 2.75) is 89.7 Å². The molecule has 0 radical (unpaired) electrons. The van der Waals surface area contributed by atoms with Crippen molar-refractivity contribution in [3.8, 4) is 5.75 Å². The van der Waals surface area contributed by atoms with Gasteiger partial charge in [-0.15, -0.1) is 13.2 Å².